The van der Waals surface area contributed by atoms with Crippen LogP contribution in [0.25, 0.3) is 0 Å². The Labute approximate surface area is 105 Å². The molecule has 2 N–H and O–H groups in total. The molecule has 0 atom stereocenters. The van der Waals surface area contributed by atoms with Gasteiger partial charge in [-0.05, 0) is 40.5 Å². The van der Waals surface area contributed by atoms with Gasteiger partial charge in [-0.2, -0.15) is 0 Å². The monoisotopic (exact) mass is 284 g/mol. The van der Waals surface area contributed by atoms with Crippen LogP contribution in [0.15, 0.2) is 22.7 Å². The maximum atomic E-state index is 12.0. The number of hydrogen-bond donors (Lipinski definition) is 1. The molecule has 0 saturated heterocycles. The Hall–Kier alpha value is -1.03. The molecular formula is C12H17BrN2O. The fraction of sp³-hybridized carbons (Fsp3) is 0.417. The number of nitrogen functional groups attached to an aromatic ring is 1. The molecule has 0 aliphatic heterocycles. The van der Waals surface area contributed by atoms with Crippen LogP contribution in [0.4, 0.5) is 5.69 Å². The number of unbranched alkanes of at least 4 members (excludes halogenated alkanes) is 1. The summed E-state index contributed by atoms with van der Waals surface area (Å²) in [7, 11) is 1.82. The molecule has 88 valence electrons. The second-order valence-corrected chi connectivity index (χ2v) is 4.67. The topological polar surface area (TPSA) is 46.3 Å². The summed E-state index contributed by atoms with van der Waals surface area (Å²) in [6.45, 7) is 2.90. The standard InChI is InChI=1S/C12H17BrN2O/c1-3-4-7-15(2)12(16)9-5-6-11(14)10(13)8-9/h5-6,8H,3-4,7,14H2,1-2H3. The van der Waals surface area contributed by atoms with Crippen LogP contribution in [0.5, 0.6) is 0 Å². The zero-order chi connectivity index (χ0) is 12.1. The van der Waals surface area contributed by atoms with Crippen LogP contribution in [-0.4, -0.2) is 24.4 Å². The van der Waals surface area contributed by atoms with E-state index in [1.54, 1.807) is 23.1 Å². The van der Waals surface area contributed by atoms with E-state index in [4.69, 9.17) is 5.73 Å². The first-order valence-corrected chi connectivity index (χ1v) is 6.16. The van der Waals surface area contributed by atoms with Crippen molar-refractivity contribution in [2.45, 2.75) is 19.8 Å². The lowest BCUT2D eigenvalue weighted by molar-refractivity contribution is 0.0793. The molecule has 0 aliphatic carbocycles. The van der Waals surface area contributed by atoms with Gasteiger partial charge >= 0.3 is 0 Å². The van der Waals surface area contributed by atoms with Crippen molar-refractivity contribution >= 4 is 27.5 Å². The Morgan fingerprint density at radius 2 is 2.19 bits per heavy atom. The van der Waals surface area contributed by atoms with Crippen molar-refractivity contribution in [1.29, 1.82) is 0 Å². The lowest BCUT2D eigenvalue weighted by Crippen LogP contribution is -2.27. The van der Waals surface area contributed by atoms with E-state index in [0.29, 0.717) is 11.3 Å². The summed E-state index contributed by atoms with van der Waals surface area (Å²) in [6.07, 6.45) is 2.11. The third-order valence-electron chi connectivity index (χ3n) is 2.44. The van der Waals surface area contributed by atoms with Gasteiger partial charge in [0.15, 0.2) is 0 Å². The first-order chi connectivity index (χ1) is 7.56. The highest BCUT2D eigenvalue weighted by Gasteiger charge is 2.11. The van der Waals surface area contributed by atoms with Crippen molar-refractivity contribution in [3.05, 3.63) is 28.2 Å². The average molecular weight is 285 g/mol. The van der Waals surface area contributed by atoms with E-state index in [1.807, 2.05) is 7.05 Å². The Morgan fingerprint density at radius 3 is 2.75 bits per heavy atom. The molecule has 4 heteroatoms. The average Bonchev–Trinajstić information content (AvgIpc) is 2.28. The number of nitrogens with zero attached hydrogens (tertiary/aromatic N) is 1. The van der Waals surface area contributed by atoms with Crippen molar-refractivity contribution in [2.24, 2.45) is 0 Å². The maximum Gasteiger partial charge on any atom is 0.253 e. The summed E-state index contributed by atoms with van der Waals surface area (Å²) in [5, 5.41) is 0. The fourth-order valence-corrected chi connectivity index (χ4v) is 1.76. The number of amides is 1. The molecule has 0 aromatic heterocycles. The minimum absolute atomic E-state index is 0.0363. The van der Waals surface area contributed by atoms with Crippen LogP contribution in [0.3, 0.4) is 0 Å². The van der Waals surface area contributed by atoms with Gasteiger partial charge in [0.25, 0.3) is 5.91 Å². The predicted octanol–water partition coefficient (Wildman–Crippen LogP) is 2.90. The molecule has 0 heterocycles. The number of carbonyl (C=O) groups excluding carboxylic acids is 1. The Kier molecular flexibility index (Phi) is 4.80. The molecule has 0 fully saturated rings. The van der Waals surface area contributed by atoms with Crippen molar-refractivity contribution in [2.75, 3.05) is 19.3 Å². The van der Waals surface area contributed by atoms with Gasteiger partial charge in [0.05, 0.1) is 0 Å². The van der Waals surface area contributed by atoms with Gasteiger partial charge in [0.2, 0.25) is 0 Å². The maximum absolute atomic E-state index is 12.0. The van der Waals surface area contributed by atoms with E-state index in [2.05, 4.69) is 22.9 Å². The van der Waals surface area contributed by atoms with Crippen molar-refractivity contribution in [3.63, 3.8) is 0 Å². The Balaban J connectivity index is 2.76. The third kappa shape index (κ3) is 3.23. The van der Waals surface area contributed by atoms with Crippen LogP contribution in [0.1, 0.15) is 30.1 Å². The number of benzene rings is 1. The summed E-state index contributed by atoms with van der Waals surface area (Å²) in [5.74, 6) is 0.0363. The summed E-state index contributed by atoms with van der Waals surface area (Å²) < 4.78 is 0.766. The summed E-state index contributed by atoms with van der Waals surface area (Å²) in [6, 6.07) is 5.26. The molecule has 0 saturated carbocycles. The van der Waals surface area contributed by atoms with Gasteiger partial charge in [-0.15, -0.1) is 0 Å². The SMILES string of the molecule is CCCCN(C)C(=O)c1ccc(N)c(Br)c1. The highest BCUT2D eigenvalue weighted by Crippen LogP contribution is 2.21. The summed E-state index contributed by atoms with van der Waals surface area (Å²) in [5.41, 5.74) is 6.99. The van der Waals surface area contributed by atoms with Gasteiger partial charge in [0.1, 0.15) is 0 Å². The highest BCUT2D eigenvalue weighted by molar-refractivity contribution is 9.10. The van der Waals surface area contributed by atoms with Crippen molar-refractivity contribution in [3.8, 4) is 0 Å². The number of rotatable bonds is 4. The second-order valence-electron chi connectivity index (χ2n) is 3.82. The van der Waals surface area contributed by atoms with E-state index in [0.717, 1.165) is 23.9 Å². The Bertz CT molecular complexity index is 379. The fourth-order valence-electron chi connectivity index (χ4n) is 1.38. The number of nitrogens with two attached hydrogens (primary N) is 1. The van der Waals surface area contributed by atoms with Gasteiger partial charge in [-0.3, -0.25) is 4.79 Å². The zero-order valence-electron chi connectivity index (χ0n) is 9.66. The van der Waals surface area contributed by atoms with Crippen LogP contribution >= 0.6 is 15.9 Å². The lowest BCUT2D eigenvalue weighted by atomic mass is 10.2. The van der Waals surface area contributed by atoms with Crippen LogP contribution < -0.4 is 5.73 Å². The molecule has 0 radical (unpaired) electrons. The molecule has 1 rings (SSSR count). The molecule has 0 spiro atoms. The smallest absolute Gasteiger partial charge is 0.253 e. The first-order valence-electron chi connectivity index (χ1n) is 5.36. The molecular weight excluding hydrogens is 268 g/mol. The molecule has 0 unspecified atom stereocenters. The van der Waals surface area contributed by atoms with Gasteiger partial charge in [0, 0.05) is 29.3 Å². The van der Waals surface area contributed by atoms with Gasteiger partial charge < -0.3 is 10.6 Å². The van der Waals surface area contributed by atoms with Gasteiger partial charge in [-0.1, -0.05) is 13.3 Å². The highest BCUT2D eigenvalue weighted by atomic mass is 79.9. The van der Waals surface area contributed by atoms with Crippen LogP contribution in [0.2, 0.25) is 0 Å². The summed E-state index contributed by atoms with van der Waals surface area (Å²) in [4.78, 5) is 13.7. The second kappa shape index (κ2) is 5.89. The normalized spacial score (nSPS) is 10.2. The molecule has 1 aromatic rings. The van der Waals surface area contributed by atoms with E-state index < -0.39 is 0 Å². The molecule has 0 aliphatic rings. The van der Waals surface area contributed by atoms with Crippen LogP contribution in [-0.2, 0) is 0 Å². The lowest BCUT2D eigenvalue weighted by Gasteiger charge is -2.17. The number of hydrogen-bond acceptors (Lipinski definition) is 2. The van der Waals surface area contributed by atoms with Crippen molar-refractivity contribution < 1.29 is 4.79 Å². The number of anilines is 1. The molecule has 1 amide bonds. The summed E-state index contributed by atoms with van der Waals surface area (Å²) >= 11 is 3.32. The Morgan fingerprint density at radius 1 is 1.50 bits per heavy atom. The largest absolute Gasteiger partial charge is 0.398 e. The number of carbonyl (C=O) groups is 1. The van der Waals surface area contributed by atoms with E-state index in [-0.39, 0.29) is 5.91 Å². The molecule has 3 nitrogen and oxygen atoms in total. The van der Waals surface area contributed by atoms with Gasteiger partial charge in [-0.25, -0.2) is 0 Å². The minimum atomic E-state index is 0.0363. The van der Waals surface area contributed by atoms with Crippen LogP contribution in [0, 0.1) is 0 Å². The minimum Gasteiger partial charge on any atom is -0.398 e. The third-order valence-corrected chi connectivity index (χ3v) is 3.13. The first kappa shape index (κ1) is 13.0. The zero-order valence-corrected chi connectivity index (χ0v) is 11.3. The number of halogens is 1. The molecule has 16 heavy (non-hydrogen) atoms. The quantitative estimate of drug-likeness (QED) is 0.865. The molecule has 0 bridgehead atoms. The van der Waals surface area contributed by atoms with E-state index in [1.165, 1.54) is 0 Å². The molecule has 1 aromatic carbocycles. The van der Waals surface area contributed by atoms with E-state index >= 15 is 0 Å². The van der Waals surface area contributed by atoms with Crippen molar-refractivity contribution in [1.82, 2.24) is 4.90 Å². The van der Waals surface area contributed by atoms with E-state index in [9.17, 15) is 4.79 Å². The predicted molar refractivity (Wildman–Crippen MR) is 70.4 cm³/mol.